The highest BCUT2D eigenvalue weighted by molar-refractivity contribution is 5.81. The van der Waals surface area contributed by atoms with E-state index < -0.39 is 0 Å². The number of rotatable bonds is 4. The average Bonchev–Trinajstić information content (AvgIpc) is 3.43. The summed E-state index contributed by atoms with van der Waals surface area (Å²) in [7, 11) is 1.90. The lowest BCUT2D eigenvalue weighted by atomic mass is 9.86. The highest BCUT2D eigenvalue weighted by Crippen LogP contribution is 2.36. The number of hydrogen-bond acceptors (Lipinski definition) is 5. The molecule has 1 amide bonds. The van der Waals surface area contributed by atoms with E-state index in [1.165, 1.54) is 38.5 Å². The van der Waals surface area contributed by atoms with Gasteiger partial charge in [-0.3, -0.25) is 9.69 Å². The monoisotopic (exact) mass is 346 g/mol. The summed E-state index contributed by atoms with van der Waals surface area (Å²) in [6.45, 7) is 3.98. The van der Waals surface area contributed by atoms with Crippen LogP contribution in [0.15, 0.2) is 0 Å². The summed E-state index contributed by atoms with van der Waals surface area (Å²) < 4.78 is 1.76. The Morgan fingerprint density at radius 3 is 2.52 bits per heavy atom. The summed E-state index contributed by atoms with van der Waals surface area (Å²) in [4.78, 5) is 17.5. The van der Waals surface area contributed by atoms with Gasteiger partial charge in [0.2, 0.25) is 5.91 Å². The van der Waals surface area contributed by atoms with Crippen LogP contribution in [-0.2, 0) is 18.4 Å². The van der Waals surface area contributed by atoms with Gasteiger partial charge in [-0.05, 0) is 68.0 Å². The molecule has 1 aromatic rings. The number of piperidine rings is 1. The normalized spacial score (nSPS) is 26.6. The van der Waals surface area contributed by atoms with Gasteiger partial charge in [0.1, 0.15) is 0 Å². The van der Waals surface area contributed by atoms with E-state index in [-0.39, 0.29) is 0 Å². The lowest BCUT2D eigenvalue weighted by Crippen LogP contribution is -2.48. The van der Waals surface area contributed by atoms with E-state index in [2.05, 4.69) is 25.3 Å². The molecular weight excluding hydrogens is 316 g/mol. The molecule has 7 nitrogen and oxygen atoms in total. The molecule has 0 N–H and O–H groups in total. The highest BCUT2D eigenvalue weighted by Gasteiger charge is 2.39. The van der Waals surface area contributed by atoms with Gasteiger partial charge in [-0.15, -0.1) is 5.10 Å². The van der Waals surface area contributed by atoms with Crippen LogP contribution in [0.2, 0.25) is 0 Å². The molecule has 0 aromatic carbocycles. The van der Waals surface area contributed by atoms with Crippen molar-refractivity contribution in [1.29, 1.82) is 0 Å². The molecule has 0 spiro atoms. The van der Waals surface area contributed by atoms with Gasteiger partial charge >= 0.3 is 0 Å². The van der Waals surface area contributed by atoms with Gasteiger partial charge in [0.25, 0.3) is 0 Å². The van der Waals surface area contributed by atoms with E-state index in [1.807, 2.05) is 7.05 Å². The van der Waals surface area contributed by atoms with Crippen LogP contribution in [0.25, 0.3) is 0 Å². The molecule has 1 aromatic heterocycles. The Balaban J connectivity index is 1.36. The first-order chi connectivity index (χ1) is 12.2. The summed E-state index contributed by atoms with van der Waals surface area (Å²) in [5, 5.41) is 11.7. The van der Waals surface area contributed by atoms with Crippen molar-refractivity contribution in [2.24, 2.45) is 18.9 Å². The van der Waals surface area contributed by atoms with E-state index in [1.54, 1.807) is 4.68 Å². The Morgan fingerprint density at radius 2 is 1.84 bits per heavy atom. The van der Waals surface area contributed by atoms with Crippen LogP contribution in [0.4, 0.5) is 0 Å². The van der Waals surface area contributed by atoms with Crippen LogP contribution in [0.1, 0.15) is 57.2 Å². The fraction of sp³-hybridized carbons (Fsp3) is 0.889. The van der Waals surface area contributed by atoms with Gasteiger partial charge in [-0.1, -0.05) is 12.8 Å². The smallest absolute Gasteiger partial charge is 0.225 e. The van der Waals surface area contributed by atoms with Crippen molar-refractivity contribution >= 4 is 5.91 Å². The van der Waals surface area contributed by atoms with Crippen LogP contribution < -0.4 is 0 Å². The Hall–Kier alpha value is -1.50. The van der Waals surface area contributed by atoms with Crippen LogP contribution in [0, 0.1) is 11.8 Å². The molecule has 2 aliphatic heterocycles. The van der Waals surface area contributed by atoms with Crippen molar-refractivity contribution in [2.75, 3.05) is 19.6 Å². The Morgan fingerprint density at radius 1 is 1.04 bits per heavy atom. The molecule has 138 valence electrons. The zero-order valence-electron chi connectivity index (χ0n) is 15.3. The van der Waals surface area contributed by atoms with E-state index in [0.717, 1.165) is 44.8 Å². The molecule has 1 saturated carbocycles. The molecule has 0 radical (unpaired) electrons. The maximum Gasteiger partial charge on any atom is 0.225 e. The minimum absolute atomic E-state index is 0.351. The summed E-state index contributed by atoms with van der Waals surface area (Å²) in [5.74, 6) is 2.40. The number of carbonyl (C=O) groups excluding carboxylic acids is 1. The third-order valence-corrected chi connectivity index (χ3v) is 6.26. The number of aryl methyl sites for hydroxylation is 1. The number of carbonyl (C=O) groups is 1. The second-order valence-corrected chi connectivity index (χ2v) is 8.05. The third-order valence-electron chi connectivity index (χ3n) is 6.26. The van der Waals surface area contributed by atoms with Crippen molar-refractivity contribution in [1.82, 2.24) is 30.0 Å². The SMILES string of the molecule is Cn1nnnc1CN1CCC(C2CCCCCN2C(=O)C2CC2)CC1. The first-order valence-corrected chi connectivity index (χ1v) is 9.96. The molecule has 2 saturated heterocycles. The second-order valence-electron chi connectivity index (χ2n) is 8.05. The van der Waals surface area contributed by atoms with Gasteiger partial charge < -0.3 is 4.90 Å². The quantitative estimate of drug-likeness (QED) is 0.828. The number of aromatic nitrogens is 4. The van der Waals surface area contributed by atoms with E-state index in [9.17, 15) is 4.79 Å². The van der Waals surface area contributed by atoms with Crippen LogP contribution in [0.5, 0.6) is 0 Å². The first-order valence-electron chi connectivity index (χ1n) is 9.96. The zero-order chi connectivity index (χ0) is 17.2. The fourth-order valence-electron chi connectivity index (χ4n) is 4.54. The lowest BCUT2D eigenvalue weighted by Gasteiger charge is -2.40. The number of hydrogen-bond donors (Lipinski definition) is 0. The molecule has 0 bridgehead atoms. The summed E-state index contributed by atoms with van der Waals surface area (Å²) >= 11 is 0. The molecule has 1 unspecified atom stereocenters. The largest absolute Gasteiger partial charge is 0.339 e. The Kier molecular flexibility index (Phi) is 5.01. The molecule has 3 heterocycles. The van der Waals surface area contributed by atoms with Crippen molar-refractivity contribution < 1.29 is 4.79 Å². The summed E-state index contributed by atoms with van der Waals surface area (Å²) in [5.41, 5.74) is 0. The fourth-order valence-corrected chi connectivity index (χ4v) is 4.54. The van der Waals surface area contributed by atoms with Crippen LogP contribution in [-0.4, -0.2) is 61.6 Å². The number of amides is 1. The van der Waals surface area contributed by atoms with E-state index in [0.29, 0.717) is 23.8 Å². The maximum absolute atomic E-state index is 12.8. The highest BCUT2D eigenvalue weighted by atomic mass is 16.2. The number of nitrogens with zero attached hydrogens (tertiary/aromatic N) is 6. The summed E-state index contributed by atoms with van der Waals surface area (Å²) in [6.07, 6.45) is 9.56. The van der Waals surface area contributed by atoms with Crippen molar-refractivity contribution in [3.63, 3.8) is 0 Å². The number of likely N-dealkylation sites (tertiary alicyclic amines) is 2. The van der Waals surface area contributed by atoms with E-state index in [4.69, 9.17) is 0 Å². The predicted molar refractivity (Wildman–Crippen MR) is 93.5 cm³/mol. The zero-order valence-corrected chi connectivity index (χ0v) is 15.3. The van der Waals surface area contributed by atoms with Gasteiger partial charge in [-0.25, -0.2) is 4.68 Å². The van der Waals surface area contributed by atoms with E-state index >= 15 is 0 Å². The van der Waals surface area contributed by atoms with Gasteiger partial charge in [-0.2, -0.15) is 0 Å². The standard InChI is InChI=1S/C18H30N6O/c1-22-17(19-20-21-22)13-23-11-8-14(9-12-23)16-5-3-2-4-10-24(16)18(25)15-6-7-15/h14-16H,2-13H2,1H3. The first kappa shape index (κ1) is 16.9. The third kappa shape index (κ3) is 3.86. The molecule has 4 rings (SSSR count). The van der Waals surface area contributed by atoms with Crippen molar-refractivity contribution in [3.8, 4) is 0 Å². The van der Waals surface area contributed by atoms with Gasteiger partial charge in [0.15, 0.2) is 5.82 Å². The van der Waals surface area contributed by atoms with Crippen LogP contribution >= 0.6 is 0 Å². The van der Waals surface area contributed by atoms with Crippen molar-refractivity contribution in [3.05, 3.63) is 5.82 Å². The summed E-state index contributed by atoms with van der Waals surface area (Å²) in [6, 6.07) is 0.481. The minimum atomic E-state index is 0.351. The predicted octanol–water partition coefficient (Wildman–Crippen LogP) is 1.60. The molecule has 1 atom stereocenters. The Labute approximate surface area is 149 Å². The van der Waals surface area contributed by atoms with Crippen molar-refractivity contribution in [2.45, 2.75) is 64.0 Å². The second kappa shape index (κ2) is 7.40. The maximum atomic E-state index is 12.8. The molecule has 25 heavy (non-hydrogen) atoms. The topological polar surface area (TPSA) is 67.2 Å². The Bertz CT molecular complexity index is 590. The lowest BCUT2D eigenvalue weighted by molar-refractivity contribution is -0.136. The number of tetrazole rings is 1. The average molecular weight is 346 g/mol. The molecular formula is C18H30N6O. The van der Waals surface area contributed by atoms with Gasteiger partial charge in [0.05, 0.1) is 6.54 Å². The molecule has 1 aliphatic carbocycles. The molecule has 3 aliphatic rings. The molecule has 3 fully saturated rings. The van der Waals surface area contributed by atoms with Crippen LogP contribution in [0.3, 0.4) is 0 Å². The van der Waals surface area contributed by atoms with Gasteiger partial charge in [0, 0.05) is 25.6 Å². The minimum Gasteiger partial charge on any atom is -0.339 e. The molecule has 7 heteroatoms.